The van der Waals surface area contributed by atoms with Gasteiger partial charge in [-0.05, 0) is 67.3 Å². The van der Waals surface area contributed by atoms with Gasteiger partial charge in [0, 0.05) is 13.1 Å². The Balaban J connectivity index is 1.69. The monoisotopic (exact) mass is 464 g/mol. The molecule has 2 aromatic carbocycles. The summed E-state index contributed by atoms with van der Waals surface area (Å²) in [6.45, 7) is 7.41. The van der Waals surface area contributed by atoms with Gasteiger partial charge in [-0.15, -0.1) is 0 Å². The second kappa shape index (κ2) is 11.3. The van der Waals surface area contributed by atoms with Crippen LogP contribution in [-0.2, 0) is 14.3 Å². The minimum absolute atomic E-state index is 0.00548. The highest BCUT2D eigenvalue weighted by Crippen LogP contribution is 2.29. The standard InChI is InChI=1S/C26H28N2O6/c1-17-11-18(2)19(3)23(12-17)33-16-25(29)34-22-6-5-20(14-24(22)31-4)13-21(15-27)26(30)28-7-9-32-10-8-28/h5-6,11-14H,7-10,16H2,1-4H3/b21-13+. The van der Waals surface area contributed by atoms with Gasteiger partial charge in [0.25, 0.3) is 5.91 Å². The fraction of sp³-hybridized carbons (Fsp3) is 0.346. The van der Waals surface area contributed by atoms with Crippen LogP contribution in [0.3, 0.4) is 0 Å². The van der Waals surface area contributed by atoms with E-state index in [2.05, 4.69) is 0 Å². The smallest absolute Gasteiger partial charge is 0.349 e. The topological polar surface area (TPSA) is 98.1 Å². The lowest BCUT2D eigenvalue weighted by Gasteiger charge is -2.26. The van der Waals surface area contributed by atoms with E-state index in [1.165, 1.54) is 13.2 Å². The van der Waals surface area contributed by atoms with E-state index in [-0.39, 0.29) is 23.8 Å². The number of carbonyl (C=O) groups excluding carboxylic acids is 2. The number of methoxy groups -OCH3 is 1. The first-order valence-electron chi connectivity index (χ1n) is 10.9. The Labute approximate surface area is 199 Å². The van der Waals surface area contributed by atoms with Gasteiger partial charge in [0.15, 0.2) is 18.1 Å². The van der Waals surface area contributed by atoms with Crippen molar-refractivity contribution in [1.29, 1.82) is 5.26 Å². The van der Waals surface area contributed by atoms with Gasteiger partial charge in [0.05, 0.1) is 20.3 Å². The number of nitriles is 1. The van der Waals surface area contributed by atoms with Crippen LogP contribution >= 0.6 is 0 Å². The Morgan fingerprint density at radius 2 is 1.82 bits per heavy atom. The molecule has 0 spiro atoms. The molecule has 0 saturated carbocycles. The zero-order valence-corrected chi connectivity index (χ0v) is 19.8. The normalized spacial score (nSPS) is 13.7. The maximum atomic E-state index is 12.6. The number of hydrogen-bond donors (Lipinski definition) is 0. The number of nitrogens with zero attached hydrogens (tertiary/aromatic N) is 2. The fourth-order valence-corrected chi connectivity index (χ4v) is 3.54. The highest BCUT2D eigenvalue weighted by molar-refractivity contribution is 6.01. The van der Waals surface area contributed by atoms with Crippen LogP contribution in [0, 0.1) is 32.1 Å². The molecular formula is C26H28N2O6. The Kier molecular flexibility index (Phi) is 8.28. The molecule has 3 rings (SSSR count). The summed E-state index contributed by atoms with van der Waals surface area (Å²) >= 11 is 0. The van der Waals surface area contributed by atoms with Crippen molar-refractivity contribution in [2.24, 2.45) is 0 Å². The van der Waals surface area contributed by atoms with Crippen molar-refractivity contribution >= 4 is 18.0 Å². The number of morpholine rings is 1. The summed E-state index contributed by atoms with van der Waals surface area (Å²) in [5.74, 6) is 0.208. The summed E-state index contributed by atoms with van der Waals surface area (Å²) in [5, 5.41) is 9.48. The first-order chi connectivity index (χ1) is 16.3. The molecule has 0 atom stereocenters. The average molecular weight is 465 g/mol. The zero-order chi connectivity index (χ0) is 24.7. The molecule has 0 N–H and O–H groups in total. The van der Waals surface area contributed by atoms with Gasteiger partial charge in [-0.3, -0.25) is 4.79 Å². The van der Waals surface area contributed by atoms with Gasteiger partial charge in [0.2, 0.25) is 0 Å². The summed E-state index contributed by atoms with van der Waals surface area (Å²) in [6.07, 6.45) is 1.48. The lowest BCUT2D eigenvalue weighted by molar-refractivity contribution is -0.136. The molecule has 1 heterocycles. The molecule has 1 aliphatic heterocycles. The van der Waals surface area contributed by atoms with Crippen LogP contribution in [0.1, 0.15) is 22.3 Å². The molecule has 0 unspecified atom stereocenters. The number of amides is 1. The molecular weight excluding hydrogens is 436 g/mol. The van der Waals surface area contributed by atoms with E-state index in [9.17, 15) is 14.9 Å². The van der Waals surface area contributed by atoms with Gasteiger partial charge in [-0.2, -0.15) is 5.26 Å². The summed E-state index contributed by atoms with van der Waals surface area (Å²) < 4.78 is 21.7. The first-order valence-corrected chi connectivity index (χ1v) is 10.9. The Morgan fingerprint density at radius 1 is 1.09 bits per heavy atom. The minimum Gasteiger partial charge on any atom is -0.493 e. The third kappa shape index (κ3) is 6.15. The lowest BCUT2D eigenvalue weighted by Crippen LogP contribution is -2.41. The third-order valence-electron chi connectivity index (χ3n) is 5.48. The van der Waals surface area contributed by atoms with Gasteiger partial charge in [0.1, 0.15) is 17.4 Å². The van der Waals surface area contributed by atoms with Crippen LogP contribution in [-0.4, -0.2) is 56.8 Å². The Morgan fingerprint density at radius 3 is 2.50 bits per heavy atom. The molecule has 0 bridgehead atoms. The Bertz CT molecular complexity index is 1140. The summed E-state index contributed by atoms with van der Waals surface area (Å²) in [6, 6.07) is 10.7. The molecule has 1 saturated heterocycles. The van der Waals surface area contributed by atoms with Crippen LogP contribution in [0.15, 0.2) is 35.9 Å². The molecule has 0 aromatic heterocycles. The summed E-state index contributed by atoms with van der Waals surface area (Å²) in [4.78, 5) is 26.6. The number of aryl methyl sites for hydroxylation is 2. The van der Waals surface area contributed by atoms with Crippen LogP contribution in [0.4, 0.5) is 0 Å². The molecule has 1 fully saturated rings. The largest absolute Gasteiger partial charge is 0.493 e. The number of hydrogen-bond acceptors (Lipinski definition) is 7. The van der Waals surface area contributed by atoms with Crippen molar-refractivity contribution in [2.45, 2.75) is 20.8 Å². The van der Waals surface area contributed by atoms with Gasteiger partial charge in [-0.25, -0.2) is 4.79 Å². The quantitative estimate of drug-likeness (QED) is 0.268. The van der Waals surface area contributed by atoms with E-state index < -0.39 is 5.97 Å². The van der Waals surface area contributed by atoms with Crippen molar-refractivity contribution in [3.8, 4) is 23.3 Å². The second-order valence-corrected chi connectivity index (χ2v) is 7.95. The summed E-state index contributed by atoms with van der Waals surface area (Å²) in [5.41, 5.74) is 3.66. The first kappa shape index (κ1) is 24.8. The van der Waals surface area contributed by atoms with E-state index in [1.807, 2.05) is 39.0 Å². The van der Waals surface area contributed by atoms with E-state index in [4.69, 9.17) is 18.9 Å². The van der Waals surface area contributed by atoms with Crippen molar-refractivity contribution in [3.63, 3.8) is 0 Å². The number of carbonyl (C=O) groups is 2. The average Bonchev–Trinajstić information content (AvgIpc) is 2.84. The maximum absolute atomic E-state index is 12.6. The van der Waals surface area contributed by atoms with E-state index in [0.717, 1.165) is 16.7 Å². The minimum atomic E-state index is -0.583. The highest BCUT2D eigenvalue weighted by Gasteiger charge is 2.21. The SMILES string of the molecule is COc1cc(/C=C(\C#N)C(=O)N2CCOCC2)ccc1OC(=O)COc1cc(C)cc(C)c1C. The van der Waals surface area contributed by atoms with Gasteiger partial charge in [-0.1, -0.05) is 12.1 Å². The van der Waals surface area contributed by atoms with Crippen LogP contribution < -0.4 is 14.2 Å². The van der Waals surface area contributed by atoms with Crippen molar-refractivity contribution in [3.05, 3.63) is 58.2 Å². The molecule has 0 radical (unpaired) electrons. The lowest BCUT2D eigenvalue weighted by atomic mass is 10.1. The number of benzene rings is 2. The molecule has 1 aliphatic rings. The van der Waals surface area contributed by atoms with Crippen molar-refractivity contribution in [1.82, 2.24) is 4.90 Å². The predicted octanol–water partition coefficient (Wildman–Crippen LogP) is 3.37. The maximum Gasteiger partial charge on any atom is 0.349 e. The summed E-state index contributed by atoms with van der Waals surface area (Å²) in [7, 11) is 1.44. The molecule has 1 amide bonds. The molecule has 178 valence electrons. The fourth-order valence-electron chi connectivity index (χ4n) is 3.54. The van der Waals surface area contributed by atoms with Crippen LogP contribution in [0.2, 0.25) is 0 Å². The molecule has 0 aliphatic carbocycles. The van der Waals surface area contributed by atoms with E-state index in [0.29, 0.717) is 43.4 Å². The highest BCUT2D eigenvalue weighted by atomic mass is 16.6. The number of rotatable bonds is 7. The third-order valence-corrected chi connectivity index (χ3v) is 5.48. The van der Waals surface area contributed by atoms with Crippen LogP contribution in [0.25, 0.3) is 6.08 Å². The van der Waals surface area contributed by atoms with E-state index in [1.54, 1.807) is 23.1 Å². The zero-order valence-electron chi connectivity index (χ0n) is 19.8. The number of esters is 1. The second-order valence-electron chi connectivity index (χ2n) is 7.95. The molecule has 8 nitrogen and oxygen atoms in total. The van der Waals surface area contributed by atoms with Gasteiger partial charge >= 0.3 is 5.97 Å². The molecule has 2 aromatic rings. The molecule has 8 heteroatoms. The predicted molar refractivity (Wildman–Crippen MR) is 126 cm³/mol. The van der Waals surface area contributed by atoms with E-state index >= 15 is 0 Å². The van der Waals surface area contributed by atoms with Crippen LogP contribution in [0.5, 0.6) is 17.2 Å². The molecule has 34 heavy (non-hydrogen) atoms. The van der Waals surface area contributed by atoms with Crippen molar-refractivity contribution in [2.75, 3.05) is 40.0 Å². The van der Waals surface area contributed by atoms with Gasteiger partial charge < -0.3 is 23.8 Å². The Hall–Kier alpha value is -3.83. The van der Waals surface area contributed by atoms with Crippen molar-refractivity contribution < 1.29 is 28.5 Å². The number of ether oxygens (including phenoxy) is 4.